The molecule has 7 nitrogen and oxygen atoms in total. The normalized spacial score (nSPS) is 18.8. The number of hydrogen-bond acceptors (Lipinski definition) is 6. The highest BCUT2D eigenvalue weighted by molar-refractivity contribution is 6.56. The highest BCUT2D eigenvalue weighted by Crippen LogP contribution is 2.39. The van der Waals surface area contributed by atoms with Crippen LogP contribution in [0.5, 0.6) is 11.5 Å². The van der Waals surface area contributed by atoms with Crippen molar-refractivity contribution in [1.29, 1.82) is 0 Å². The number of carbonyl (C=O) groups excluding carboxylic acids is 1. The Hall–Kier alpha value is -2.19. The first-order valence-corrected chi connectivity index (χ1v) is 9.25. The van der Waals surface area contributed by atoms with Gasteiger partial charge in [-0.3, -0.25) is 0 Å². The minimum absolute atomic E-state index is 0.132. The van der Waals surface area contributed by atoms with Crippen LogP contribution in [-0.4, -0.2) is 46.8 Å². The van der Waals surface area contributed by atoms with E-state index in [1.807, 2.05) is 27.7 Å². The number of alkyl carbamates (subject to hydrolysis) is 1. The molecule has 28 heavy (non-hydrogen) atoms. The monoisotopic (exact) mass is 391 g/mol. The molecular formula is C20H30BNO6. The fourth-order valence-electron chi connectivity index (χ4n) is 2.53. The van der Waals surface area contributed by atoms with E-state index in [2.05, 4.69) is 5.32 Å². The van der Waals surface area contributed by atoms with Crippen molar-refractivity contribution in [3.05, 3.63) is 29.2 Å². The van der Waals surface area contributed by atoms with E-state index in [1.54, 1.807) is 32.9 Å². The fraction of sp³-hybridized carbons (Fsp3) is 0.550. The van der Waals surface area contributed by atoms with Gasteiger partial charge in [-0.2, -0.15) is 0 Å². The standard InChI is InChI=1S/C20H30BNO6/c1-18(2,3)26-17(25)22-12-14(10-13-8-9-15(23)16(24)11-13)21-27-19(4,5)20(6,7)28-21/h8-11,23-24H,12H2,1-7H3,(H,22,25). The van der Waals surface area contributed by atoms with Crippen LogP contribution in [0.4, 0.5) is 4.79 Å². The smallest absolute Gasteiger partial charge is 0.492 e. The van der Waals surface area contributed by atoms with Crippen LogP contribution in [0.1, 0.15) is 54.0 Å². The maximum Gasteiger partial charge on any atom is 0.492 e. The van der Waals surface area contributed by atoms with E-state index in [-0.39, 0.29) is 18.0 Å². The van der Waals surface area contributed by atoms with Crippen molar-refractivity contribution in [2.24, 2.45) is 0 Å². The molecule has 0 radical (unpaired) electrons. The first-order chi connectivity index (χ1) is 12.7. The number of rotatable bonds is 4. The van der Waals surface area contributed by atoms with Crippen molar-refractivity contribution in [1.82, 2.24) is 5.32 Å². The molecule has 0 aromatic heterocycles. The topological polar surface area (TPSA) is 97.3 Å². The summed E-state index contributed by atoms with van der Waals surface area (Å²) in [6.45, 7) is 13.3. The summed E-state index contributed by atoms with van der Waals surface area (Å²) in [6, 6.07) is 4.46. The molecule has 0 saturated carbocycles. The van der Waals surface area contributed by atoms with Gasteiger partial charge in [-0.15, -0.1) is 0 Å². The lowest BCUT2D eigenvalue weighted by Gasteiger charge is -2.32. The second-order valence-electron chi connectivity index (χ2n) is 8.91. The third-order valence-electron chi connectivity index (χ3n) is 4.74. The van der Waals surface area contributed by atoms with Gasteiger partial charge in [0.1, 0.15) is 5.60 Å². The molecular weight excluding hydrogens is 361 g/mol. The Labute approximate surface area is 166 Å². The lowest BCUT2D eigenvalue weighted by molar-refractivity contribution is 0.00578. The van der Waals surface area contributed by atoms with Gasteiger partial charge in [0.25, 0.3) is 0 Å². The second kappa shape index (κ2) is 7.68. The van der Waals surface area contributed by atoms with E-state index in [0.29, 0.717) is 11.0 Å². The van der Waals surface area contributed by atoms with Crippen molar-refractivity contribution < 1.29 is 29.1 Å². The number of benzene rings is 1. The highest BCUT2D eigenvalue weighted by atomic mass is 16.7. The predicted molar refractivity (Wildman–Crippen MR) is 108 cm³/mol. The van der Waals surface area contributed by atoms with Gasteiger partial charge in [-0.1, -0.05) is 12.1 Å². The number of nitrogens with one attached hydrogen (secondary N) is 1. The second-order valence-corrected chi connectivity index (χ2v) is 8.91. The van der Waals surface area contributed by atoms with Gasteiger partial charge in [-0.05, 0) is 71.6 Å². The summed E-state index contributed by atoms with van der Waals surface area (Å²) in [5.41, 5.74) is -0.416. The molecule has 1 aliphatic rings. The lowest BCUT2D eigenvalue weighted by Crippen LogP contribution is -2.41. The summed E-state index contributed by atoms with van der Waals surface area (Å²) in [7, 11) is -0.684. The van der Waals surface area contributed by atoms with Crippen LogP contribution in [0.25, 0.3) is 6.08 Å². The van der Waals surface area contributed by atoms with Gasteiger partial charge >= 0.3 is 13.2 Å². The van der Waals surface area contributed by atoms with Crippen molar-refractivity contribution in [3.63, 3.8) is 0 Å². The molecule has 0 aliphatic carbocycles. The average molecular weight is 391 g/mol. The molecule has 1 aromatic rings. The van der Waals surface area contributed by atoms with Gasteiger partial charge in [0.2, 0.25) is 0 Å². The van der Waals surface area contributed by atoms with Crippen LogP contribution < -0.4 is 5.32 Å². The number of amides is 1. The zero-order chi connectivity index (χ0) is 21.3. The summed E-state index contributed by atoms with van der Waals surface area (Å²) < 4.78 is 17.5. The maximum absolute atomic E-state index is 12.1. The Balaban J connectivity index is 2.27. The number of ether oxygens (including phenoxy) is 1. The van der Waals surface area contributed by atoms with Crippen molar-refractivity contribution >= 4 is 19.3 Å². The number of aromatic hydroxyl groups is 2. The predicted octanol–water partition coefficient (Wildman–Crippen LogP) is 3.64. The molecule has 3 N–H and O–H groups in total. The Morgan fingerprint density at radius 2 is 1.71 bits per heavy atom. The van der Waals surface area contributed by atoms with Crippen LogP contribution in [0, 0.1) is 0 Å². The van der Waals surface area contributed by atoms with E-state index >= 15 is 0 Å². The van der Waals surface area contributed by atoms with Gasteiger partial charge < -0.3 is 29.6 Å². The van der Waals surface area contributed by atoms with Gasteiger partial charge in [0.05, 0.1) is 11.2 Å². The molecule has 154 valence electrons. The molecule has 8 heteroatoms. The largest absolute Gasteiger partial charge is 0.504 e. The summed E-state index contributed by atoms with van der Waals surface area (Å²) in [5.74, 6) is -0.441. The Kier molecular flexibility index (Phi) is 6.06. The van der Waals surface area contributed by atoms with E-state index in [9.17, 15) is 15.0 Å². The Bertz CT molecular complexity index is 750. The first-order valence-electron chi connectivity index (χ1n) is 9.25. The number of hydrogen-bond donors (Lipinski definition) is 3. The number of phenols is 2. The third kappa shape index (κ3) is 5.42. The maximum atomic E-state index is 12.1. The molecule has 1 amide bonds. The SMILES string of the molecule is CC(C)(C)OC(=O)NCC(=Cc1ccc(O)c(O)c1)B1OC(C)(C)C(C)(C)O1. The van der Waals surface area contributed by atoms with Crippen LogP contribution >= 0.6 is 0 Å². The lowest BCUT2D eigenvalue weighted by atomic mass is 9.77. The van der Waals surface area contributed by atoms with Crippen molar-refractivity contribution in [3.8, 4) is 11.5 Å². The summed E-state index contributed by atoms with van der Waals surface area (Å²) in [6.07, 6.45) is 1.20. The molecule has 1 fully saturated rings. The Morgan fingerprint density at radius 1 is 1.14 bits per heavy atom. The molecule has 1 heterocycles. The zero-order valence-corrected chi connectivity index (χ0v) is 17.6. The van der Waals surface area contributed by atoms with Crippen LogP contribution in [0.2, 0.25) is 0 Å². The van der Waals surface area contributed by atoms with E-state index in [1.165, 1.54) is 12.1 Å². The third-order valence-corrected chi connectivity index (χ3v) is 4.74. The molecule has 1 aromatic carbocycles. The van der Waals surface area contributed by atoms with Gasteiger partial charge in [-0.25, -0.2) is 4.79 Å². The number of carbonyl (C=O) groups is 1. The molecule has 1 aliphatic heterocycles. The van der Waals surface area contributed by atoms with Crippen LogP contribution in [-0.2, 0) is 14.0 Å². The molecule has 2 rings (SSSR count). The van der Waals surface area contributed by atoms with E-state index < -0.39 is 30.0 Å². The zero-order valence-electron chi connectivity index (χ0n) is 17.6. The molecule has 0 unspecified atom stereocenters. The highest BCUT2D eigenvalue weighted by Gasteiger charge is 2.52. The minimum atomic E-state index is -0.684. The van der Waals surface area contributed by atoms with Crippen molar-refractivity contribution in [2.75, 3.05) is 6.54 Å². The van der Waals surface area contributed by atoms with Crippen molar-refractivity contribution in [2.45, 2.75) is 65.3 Å². The minimum Gasteiger partial charge on any atom is -0.504 e. The summed E-state index contributed by atoms with van der Waals surface area (Å²) in [5, 5.41) is 22.0. The Morgan fingerprint density at radius 3 is 2.21 bits per heavy atom. The number of phenolic OH excluding ortho intramolecular Hbond substituents is 2. The van der Waals surface area contributed by atoms with Gasteiger partial charge in [0.15, 0.2) is 11.5 Å². The summed E-state index contributed by atoms with van der Waals surface area (Å²) >= 11 is 0. The fourth-order valence-corrected chi connectivity index (χ4v) is 2.53. The first kappa shape index (κ1) is 22.1. The van der Waals surface area contributed by atoms with Crippen LogP contribution in [0.3, 0.4) is 0 Å². The van der Waals surface area contributed by atoms with E-state index in [4.69, 9.17) is 14.0 Å². The van der Waals surface area contributed by atoms with E-state index in [0.717, 1.165) is 0 Å². The molecule has 0 bridgehead atoms. The molecule has 0 spiro atoms. The summed E-state index contributed by atoms with van der Waals surface area (Å²) in [4.78, 5) is 12.1. The molecule has 0 atom stereocenters. The van der Waals surface area contributed by atoms with Gasteiger partial charge in [0, 0.05) is 6.54 Å². The molecule has 1 saturated heterocycles. The van der Waals surface area contributed by atoms with Crippen LogP contribution in [0.15, 0.2) is 23.7 Å². The quantitative estimate of drug-likeness (QED) is 0.536. The average Bonchev–Trinajstić information content (AvgIpc) is 2.73.